The van der Waals surface area contributed by atoms with E-state index < -0.39 is 11.5 Å². The van der Waals surface area contributed by atoms with Gasteiger partial charge in [0.25, 0.3) is 0 Å². The minimum absolute atomic E-state index is 0.0361. The van der Waals surface area contributed by atoms with E-state index in [1.165, 1.54) is 0 Å². The van der Waals surface area contributed by atoms with Gasteiger partial charge < -0.3 is 15.3 Å². The second-order valence-corrected chi connectivity index (χ2v) is 5.84. The molecule has 0 saturated heterocycles. The van der Waals surface area contributed by atoms with Gasteiger partial charge in [0.15, 0.2) is 0 Å². The van der Waals surface area contributed by atoms with Gasteiger partial charge in [0.1, 0.15) is 5.54 Å². The molecule has 0 aromatic rings. The number of carbonyl (C=O) groups is 1. The van der Waals surface area contributed by atoms with E-state index in [0.29, 0.717) is 12.5 Å². The SMILES string of the molecule is CN(C)C(C)(C)CNC(C)(C(=O)O)C1CC1. The Hall–Kier alpha value is -0.610. The van der Waals surface area contributed by atoms with Crippen LogP contribution in [0.1, 0.15) is 33.6 Å². The van der Waals surface area contributed by atoms with E-state index in [0.717, 1.165) is 12.8 Å². The Morgan fingerprint density at radius 3 is 2.19 bits per heavy atom. The highest BCUT2D eigenvalue weighted by molar-refractivity contribution is 5.79. The van der Waals surface area contributed by atoms with Gasteiger partial charge >= 0.3 is 5.97 Å². The smallest absolute Gasteiger partial charge is 0.323 e. The first kappa shape index (κ1) is 13.5. The predicted octanol–water partition coefficient (Wildman–Crippen LogP) is 1.17. The number of carboxylic acid groups (broad SMARTS) is 1. The quantitative estimate of drug-likeness (QED) is 0.716. The highest BCUT2D eigenvalue weighted by atomic mass is 16.4. The minimum Gasteiger partial charge on any atom is -0.480 e. The van der Waals surface area contributed by atoms with Crippen LogP contribution in [0.4, 0.5) is 0 Å². The van der Waals surface area contributed by atoms with E-state index in [-0.39, 0.29) is 5.54 Å². The Morgan fingerprint density at radius 2 is 1.88 bits per heavy atom. The Morgan fingerprint density at radius 1 is 1.38 bits per heavy atom. The first-order valence-corrected chi connectivity index (χ1v) is 5.86. The van der Waals surface area contributed by atoms with Gasteiger partial charge in [0.05, 0.1) is 0 Å². The fourth-order valence-electron chi connectivity index (χ4n) is 1.61. The van der Waals surface area contributed by atoms with Crippen LogP contribution in [0, 0.1) is 5.92 Å². The van der Waals surface area contributed by atoms with Crippen molar-refractivity contribution in [1.29, 1.82) is 0 Å². The average Bonchev–Trinajstić information content (AvgIpc) is 2.97. The lowest BCUT2D eigenvalue weighted by molar-refractivity contribution is -0.145. The van der Waals surface area contributed by atoms with Crippen LogP contribution in [-0.2, 0) is 4.79 Å². The topological polar surface area (TPSA) is 52.6 Å². The molecule has 4 heteroatoms. The molecule has 4 nitrogen and oxygen atoms in total. The van der Waals surface area contributed by atoms with Crippen molar-refractivity contribution in [1.82, 2.24) is 10.2 Å². The maximum atomic E-state index is 11.3. The summed E-state index contributed by atoms with van der Waals surface area (Å²) >= 11 is 0. The minimum atomic E-state index is -0.757. The van der Waals surface area contributed by atoms with Crippen molar-refractivity contribution in [2.75, 3.05) is 20.6 Å². The summed E-state index contributed by atoms with van der Waals surface area (Å²) in [5.41, 5.74) is -0.793. The van der Waals surface area contributed by atoms with E-state index in [9.17, 15) is 9.90 Å². The summed E-state index contributed by atoms with van der Waals surface area (Å²) in [6.07, 6.45) is 2.05. The van der Waals surface area contributed by atoms with Crippen molar-refractivity contribution in [3.05, 3.63) is 0 Å². The number of aliphatic carboxylic acids is 1. The largest absolute Gasteiger partial charge is 0.480 e. The molecule has 1 unspecified atom stereocenters. The van der Waals surface area contributed by atoms with Crippen LogP contribution >= 0.6 is 0 Å². The van der Waals surface area contributed by atoms with Crippen LogP contribution in [0.2, 0.25) is 0 Å². The molecule has 1 aliphatic carbocycles. The van der Waals surface area contributed by atoms with Gasteiger partial charge in [-0.25, -0.2) is 0 Å². The molecule has 0 radical (unpaired) electrons. The molecule has 0 bridgehead atoms. The van der Waals surface area contributed by atoms with E-state index >= 15 is 0 Å². The molecule has 1 fully saturated rings. The number of hydrogen-bond acceptors (Lipinski definition) is 3. The van der Waals surface area contributed by atoms with E-state index in [1.54, 1.807) is 6.92 Å². The van der Waals surface area contributed by atoms with Crippen LogP contribution in [0.3, 0.4) is 0 Å². The van der Waals surface area contributed by atoms with Crippen molar-refractivity contribution < 1.29 is 9.90 Å². The highest BCUT2D eigenvalue weighted by Gasteiger charge is 2.47. The molecule has 1 rings (SSSR count). The lowest BCUT2D eigenvalue weighted by Crippen LogP contribution is -2.58. The number of likely N-dealkylation sites (N-methyl/N-ethyl adjacent to an activating group) is 1. The van der Waals surface area contributed by atoms with Gasteiger partial charge in [-0.3, -0.25) is 4.79 Å². The number of nitrogens with zero attached hydrogens (tertiary/aromatic N) is 1. The monoisotopic (exact) mass is 228 g/mol. The van der Waals surface area contributed by atoms with Gasteiger partial charge in [-0.15, -0.1) is 0 Å². The number of carboxylic acids is 1. The van der Waals surface area contributed by atoms with E-state index in [4.69, 9.17) is 0 Å². The molecule has 16 heavy (non-hydrogen) atoms. The predicted molar refractivity (Wildman–Crippen MR) is 64.5 cm³/mol. The summed E-state index contributed by atoms with van der Waals surface area (Å²) in [5.74, 6) is -0.437. The average molecular weight is 228 g/mol. The summed E-state index contributed by atoms with van der Waals surface area (Å²) < 4.78 is 0. The standard InChI is InChI=1S/C12H24N2O2/c1-11(2,14(4)5)8-13-12(3,10(15)16)9-6-7-9/h9,13H,6-8H2,1-5H3,(H,15,16). The fourth-order valence-corrected chi connectivity index (χ4v) is 1.61. The Bertz CT molecular complexity index is 272. The number of hydrogen-bond donors (Lipinski definition) is 2. The molecule has 0 amide bonds. The molecule has 1 aliphatic rings. The second-order valence-electron chi connectivity index (χ2n) is 5.84. The Labute approximate surface area is 98.0 Å². The molecular formula is C12H24N2O2. The van der Waals surface area contributed by atoms with Crippen molar-refractivity contribution >= 4 is 5.97 Å². The first-order chi connectivity index (χ1) is 7.20. The van der Waals surface area contributed by atoms with Crippen LogP contribution in [-0.4, -0.2) is 47.7 Å². The lowest BCUT2D eigenvalue weighted by Gasteiger charge is -2.37. The van der Waals surface area contributed by atoms with Crippen LogP contribution in [0.15, 0.2) is 0 Å². The van der Waals surface area contributed by atoms with Crippen molar-refractivity contribution in [3.63, 3.8) is 0 Å². The zero-order valence-electron chi connectivity index (χ0n) is 11.0. The Balaban J connectivity index is 2.61. The normalized spacial score (nSPS) is 20.9. The Kier molecular flexibility index (Phi) is 3.65. The third kappa shape index (κ3) is 2.74. The molecule has 0 aliphatic heterocycles. The molecule has 0 heterocycles. The molecule has 1 atom stereocenters. The van der Waals surface area contributed by atoms with Gasteiger partial charge in [-0.2, -0.15) is 0 Å². The molecule has 1 saturated carbocycles. The summed E-state index contributed by atoms with van der Waals surface area (Å²) in [5, 5.41) is 12.5. The maximum Gasteiger partial charge on any atom is 0.323 e. The summed E-state index contributed by atoms with van der Waals surface area (Å²) in [4.78, 5) is 13.4. The van der Waals surface area contributed by atoms with Gasteiger partial charge in [0, 0.05) is 12.1 Å². The lowest BCUT2D eigenvalue weighted by atomic mass is 9.93. The number of nitrogens with one attached hydrogen (secondary N) is 1. The highest BCUT2D eigenvalue weighted by Crippen LogP contribution is 2.39. The van der Waals surface area contributed by atoms with Gasteiger partial charge in [-0.1, -0.05) is 0 Å². The van der Waals surface area contributed by atoms with E-state index in [1.807, 2.05) is 14.1 Å². The summed E-state index contributed by atoms with van der Waals surface area (Å²) in [6, 6.07) is 0. The third-order valence-corrected chi connectivity index (χ3v) is 3.94. The molecule has 0 aromatic heterocycles. The van der Waals surface area contributed by atoms with Crippen LogP contribution in [0.5, 0.6) is 0 Å². The van der Waals surface area contributed by atoms with E-state index in [2.05, 4.69) is 24.1 Å². The molecule has 0 spiro atoms. The van der Waals surface area contributed by atoms with Crippen molar-refractivity contribution in [3.8, 4) is 0 Å². The zero-order chi connectivity index (χ0) is 12.6. The molecule has 2 N–H and O–H groups in total. The van der Waals surface area contributed by atoms with Crippen LogP contribution < -0.4 is 5.32 Å². The van der Waals surface area contributed by atoms with Crippen molar-refractivity contribution in [2.24, 2.45) is 5.92 Å². The third-order valence-electron chi connectivity index (χ3n) is 3.94. The van der Waals surface area contributed by atoms with Crippen molar-refractivity contribution in [2.45, 2.75) is 44.7 Å². The molecule has 94 valence electrons. The number of rotatable bonds is 6. The van der Waals surface area contributed by atoms with Gasteiger partial charge in [0.2, 0.25) is 0 Å². The first-order valence-electron chi connectivity index (χ1n) is 5.86. The second kappa shape index (κ2) is 4.34. The maximum absolute atomic E-state index is 11.3. The molecular weight excluding hydrogens is 204 g/mol. The van der Waals surface area contributed by atoms with Crippen LogP contribution in [0.25, 0.3) is 0 Å². The molecule has 0 aromatic carbocycles. The fraction of sp³-hybridized carbons (Fsp3) is 0.917. The zero-order valence-corrected chi connectivity index (χ0v) is 11.0. The van der Waals surface area contributed by atoms with Gasteiger partial charge in [-0.05, 0) is 53.6 Å². The summed E-state index contributed by atoms with van der Waals surface area (Å²) in [6.45, 7) is 6.70. The summed E-state index contributed by atoms with van der Waals surface area (Å²) in [7, 11) is 4.02.